The Morgan fingerprint density at radius 2 is 2.09 bits per heavy atom. The lowest BCUT2D eigenvalue weighted by molar-refractivity contribution is 0.182. The Bertz CT molecular complexity index is 943. The van der Waals surface area contributed by atoms with Gasteiger partial charge in [-0.1, -0.05) is 6.07 Å². The summed E-state index contributed by atoms with van der Waals surface area (Å²) in [5, 5.41) is 15.1. The molecule has 0 radical (unpaired) electrons. The predicted molar refractivity (Wildman–Crippen MR) is 86.3 cm³/mol. The van der Waals surface area contributed by atoms with Crippen molar-refractivity contribution < 1.29 is 13.5 Å². The van der Waals surface area contributed by atoms with E-state index < -0.39 is 16.1 Å². The molecule has 3 rings (SSSR count). The van der Waals surface area contributed by atoms with Crippen molar-refractivity contribution in [3.8, 4) is 0 Å². The molecule has 23 heavy (non-hydrogen) atoms. The Balaban J connectivity index is 1.74. The molecule has 8 heteroatoms. The van der Waals surface area contributed by atoms with Crippen LogP contribution in [0.4, 0.5) is 0 Å². The molecule has 7 nitrogen and oxygen atoms in total. The number of aromatic nitrogens is 3. The number of sulfonamides is 1. The number of hydrogen-bond acceptors (Lipinski definition) is 4. The molecule has 2 heterocycles. The second kappa shape index (κ2) is 5.80. The molecule has 0 fully saturated rings. The fourth-order valence-electron chi connectivity index (χ4n) is 2.43. The van der Waals surface area contributed by atoms with Crippen LogP contribution in [0.1, 0.15) is 11.7 Å². The van der Waals surface area contributed by atoms with E-state index in [-0.39, 0.29) is 11.4 Å². The van der Waals surface area contributed by atoms with Crippen LogP contribution in [0.2, 0.25) is 0 Å². The Labute approximate surface area is 134 Å². The molecular formula is C15H18N4O3S. The van der Waals surface area contributed by atoms with Gasteiger partial charge in [-0.3, -0.25) is 4.68 Å². The lowest BCUT2D eigenvalue weighted by Gasteiger charge is -2.12. The van der Waals surface area contributed by atoms with Gasteiger partial charge in [-0.15, -0.1) is 0 Å². The largest absolute Gasteiger partial charge is 0.387 e. The molecule has 0 aliphatic heterocycles. The van der Waals surface area contributed by atoms with Gasteiger partial charge in [-0.25, -0.2) is 13.1 Å². The molecule has 0 spiro atoms. The number of nitrogens with one attached hydrogen (secondary N) is 1. The summed E-state index contributed by atoms with van der Waals surface area (Å²) in [5.41, 5.74) is 1.72. The molecule has 1 unspecified atom stereocenters. The van der Waals surface area contributed by atoms with Gasteiger partial charge < -0.3 is 9.67 Å². The van der Waals surface area contributed by atoms with E-state index in [0.717, 1.165) is 10.9 Å². The summed E-state index contributed by atoms with van der Waals surface area (Å²) in [6, 6.07) is 7.51. The normalized spacial score (nSPS) is 13.5. The van der Waals surface area contributed by atoms with Gasteiger partial charge >= 0.3 is 0 Å². The molecule has 1 aromatic carbocycles. The van der Waals surface area contributed by atoms with Crippen LogP contribution in [0.25, 0.3) is 10.9 Å². The molecule has 0 amide bonds. The number of aliphatic hydroxyl groups is 1. The molecule has 0 bridgehead atoms. The van der Waals surface area contributed by atoms with E-state index in [9.17, 15) is 13.5 Å². The lowest BCUT2D eigenvalue weighted by atomic mass is 10.1. The van der Waals surface area contributed by atoms with Gasteiger partial charge in [0.15, 0.2) is 0 Å². The molecule has 0 saturated heterocycles. The van der Waals surface area contributed by atoms with Crippen LogP contribution in [0.3, 0.4) is 0 Å². The zero-order chi connectivity index (χ0) is 16.6. The summed E-state index contributed by atoms with van der Waals surface area (Å²) in [4.78, 5) is 0.0747. The Morgan fingerprint density at radius 1 is 1.30 bits per heavy atom. The highest BCUT2D eigenvalue weighted by atomic mass is 32.2. The summed E-state index contributed by atoms with van der Waals surface area (Å²) in [5.74, 6) is 0. The molecule has 122 valence electrons. The second-order valence-corrected chi connectivity index (χ2v) is 7.23. The van der Waals surface area contributed by atoms with E-state index >= 15 is 0 Å². The average molecular weight is 334 g/mol. The van der Waals surface area contributed by atoms with E-state index in [0.29, 0.717) is 5.56 Å². The van der Waals surface area contributed by atoms with Gasteiger partial charge in [0.2, 0.25) is 10.0 Å². The standard InChI is InChI=1S/C15H18N4O3S/c1-18-6-5-11-7-12(3-4-14(11)18)15(20)9-17-23(21,22)13-8-16-19(2)10-13/h3-8,10,15,17,20H,9H2,1-2H3. The quantitative estimate of drug-likeness (QED) is 0.726. The van der Waals surface area contributed by atoms with Crippen LogP contribution < -0.4 is 4.72 Å². The van der Waals surface area contributed by atoms with E-state index in [4.69, 9.17) is 0 Å². The van der Waals surface area contributed by atoms with Crippen molar-refractivity contribution >= 4 is 20.9 Å². The van der Waals surface area contributed by atoms with Gasteiger partial charge in [-0.05, 0) is 29.1 Å². The molecular weight excluding hydrogens is 316 g/mol. The highest BCUT2D eigenvalue weighted by Crippen LogP contribution is 2.21. The van der Waals surface area contributed by atoms with Crippen LogP contribution >= 0.6 is 0 Å². The first-order valence-electron chi connectivity index (χ1n) is 7.08. The maximum atomic E-state index is 12.1. The van der Waals surface area contributed by atoms with Crippen molar-refractivity contribution in [3.63, 3.8) is 0 Å². The van der Waals surface area contributed by atoms with Crippen molar-refractivity contribution in [1.29, 1.82) is 0 Å². The maximum Gasteiger partial charge on any atom is 0.243 e. The van der Waals surface area contributed by atoms with Crippen LogP contribution in [-0.4, -0.2) is 34.4 Å². The maximum absolute atomic E-state index is 12.1. The lowest BCUT2D eigenvalue weighted by Crippen LogP contribution is -2.28. The predicted octanol–water partition coefficient (Wildman–Crippen LogP) is 0.924. The third-order valence-corrected chi connectivity index (χ3v) is 5.13. The van der Waals surface area contributed by atoms with E-state index in [1.807, 2.05) is 36.0 Å². The fourth-order valence-corrected chi connectivity index (χ4v) is 3.46. The van der Waals surface area contributed by atoms with Crippen molar-refractivity contribution in [2.75, 3.05) is 6.54 Å². The first kappa shape index (κ1) is 15.7. The van der Waals surface area contributed by atoms with Gasteiger partial charge in [0.1, 0.15) is 4.90 Å². The van der Waals surface area contributed by atoms with Crippen LogP contribution in [0.5, 0.6) is 0 Å². The zero-order valence-corrected chi connectivity index (χ0v) is 13.7. The first-order chi connectivity index (χ1) is 10.9. The molecule has 3 aromatic rings. The van der Waals surface area contributed by atoms with Gasteiger partial charge in [-0.2, -0.15) is 5.10 Å². The van der Waals surface area contributed by atoms with Crippen LogP contribution in [0.15, 0.2) is 47.8 Å². The minimum absolute atomic E-state index is 0.0747. The second-order valence-electron chi connectivity index (χ2n) is 5.46. The van der Waals surface area contributed by atoms with Crippen molar-refractivity contribution in [3.05, 3.63) is 48.4 Å². The minimum Gasteiger partial charge on any atom is -0.387 e. The average Bonchev–Trinajstić information content (AvgIpc) is 3.12. The summed E-state index contributed by atoms with van der Waals surface area (Å²) >= 11 is 0. The van der Waals surface area contributed by atoms with Gasteiger partial charge in [0.05, 0.1) is 12.3 Å². The van der Waals surface area contributed by atoms with E-state index in [1.165, 1.54) is 17.1 Å². The number of benzene rings is 1. The summed E-state index contributed by atoms with van der Waals surface area (Å²) in [6.07, 6.45) is 3.69. The monoisotopic (exact) mass is 334 g/mol. The third kappa shape index (κ3) is 3.14. The minimum atomic E-state index is -3.68. The summed E-state index contributed by atoms with van der Waals surface area (Å²) in [6.45, 7) is -0.102. The van der Waals surface area contributed by atoms with Crippen LogP contribution in [-0.2, 0) is 24.1 Å². The van der Waals surface area contributed by atoms with Crippen molar-refractivity contribution in [1.82, 2.24) is 19.1 Å². The fraction of sp³-hybridized carbons (Fsp3) is 0.267. The number of rotatable bonds is 5. The third-order valence-electron chi connectivity index (χ3n) is 3.75. The molecule has 1 atom stereocenters. The van der Waals surface area contributed by atoms with Gasteiger partial charge in [0.25, 0.3) is 0 Å². The molecule has 0 saturated carbocycles. The number of hydrogen-bond donors (Lipinski definition) is 2. The Kier molecular flexibility index (Phi) is 3.97. The van der Waals surface area contributed by atoms with E-state index in [1.54, 1.807) is 13.1 Å². The smallest absolute Gasteiger partial charge is 0.243 e. The topological polar surface area (TPSA) is 89.1 Å². The highest BCUT2D eigenvalue weighted by Gasteiger charge is 2.18. The highest BCUT2D eigenvalue weighted by molar-refractivity contribution is 7.89. The number of aryl methyl sites for hydroxylation is 2. The SMILES string of the molecule is Cn1cc(S(=O)(=O)NCC(O)c2ccc3c(ccn3C)c2)cn1. The number of fused-ring (bicyclic) bond motifs is 1. The number of nitrogens with zero attached hydrogens (tertiary/aromatic N) is 3. The van der Waals surface area contributed by atoms with Crippen LogP contribution in [0, 0.1) is 0 Å². The Morgan fingerprint density at radius 3 is 2.78 bits per heavy atom. The molecule has 2 N–H and O–H groups in total. The molecule has 0 aliphatic carbocycles. The first-order valence-corrected chi connectivity index (χ1v) is 8.56. The Hall–Kier alpha value is -2.16. The number of aliphatic hydroxyl groups excluding tert-OH is 1. The zero-order valence-electron chi connectivity index (χ0n) is 12.8. The van der Waals surface area contributed by atoms with Crippen molar-refractivity contribution in [2.45, 2.75) is 11.0 Å². The van der Waals surface area contributed by atoms with Crippen molar-refractivity contribution in [2.24, 2.45) is 14.1 Å². The summed E-state index contributed by atoms with van der Waals surface area (Å²) < 4.78 is 30.0. The summed E-state index contributed by atoms with van der Waals surface area (Å²) in [7, 11) is -0.0916. The van der Waals surface area contributed by atoms with Gasteiger partial charge in [0, 0.05) is 38.6 Å². The van der Waals surface area contributed by atoms with E-state index in [2.05, 4.69) is 9.82 Å². The molecule has 2 aromatic heterocycles. The molecule has 0 aliphatic rings.